The maximum atomic E-state index is 4.30. The lowest BCUT2D eigenvalue weighted by molar-refractivity contribution is 0.563. The molecule has 0 amide bonds. The molecule has 4 nitrogen and oxygen atoms in total. The predicted molar refractivity (Wildman–Crippen MR) is 86.4 cm³/mol. The van der Waals surface area contributed by atoms with Gasteiger partial charge in [-0.05, 0) is 37.9 Å². The smallest absolute Gasteiger partial charge is 0.0951 e. The summed E-state index contributed by atoms with van der Waals surface area (Å²) in [6.45, 7) is 6.10. The van der Waals surface area contributed by atoms with Gasteiger partial charge in [0.2, 0.25) is 0 Å². The predicted octanol–water partition coefficient (Wildman–Crippen LogP) is 3.19. The first-order valence-electron chi connectivity index (χ1n) is 7.42. The van der Waals surface area contributed by atoms with E-state index in [0.29, 0.717) is 6.04 Å². The highest BCUT2D eigenvalue weighted by molar-refractivity contribution is 5.83. The summed E-state index contributed by atoms with van der Waals surface area (Å²) >= 11 is 0. The van der Waals surface area contributed by atoms with Crippen LogP contribution in [0.1, 0.15) is 31.1 Å². The Labute approximate surface area is 125 Å². The van der Waals surface area contributed by atoms with E-state index in [0.717, 1.165) is 13.1 Å². The van der Waals surface area contributed by atoms with Crippen LogP contribution in [0.4, 0.5) is 0 Å². The number of fused-ring (bicyclic) bond motifs is 1. The molecule has 110 valence electrons. The number of benzene rings is 1. The standard InChI is InChI=1S/C17H22N4/c1-13(2)21-12-19-10-16(21)11-20-8-7-14-5-4-6-15(9-18-3)17(14)20/h4-8,10,12-13,18H,9,11H2,1-3H3. The van der Waals surface area contributed by atoms with Crippen molar-refractivity contribution in [1.82, 2.24) is 19.4 Å². The largest absolute Gasteiger partial charge is 0.341 e. The zero-order valence-electron chi connectivity index (χ0n) is 12.9. The molecule has 0 radical (unpaired) electrons. The third-order valence-corrected chi connectivity index (χ3v) is 3.87. The van der Waals surface area contributed by atoms with Crippen molar-refractivity contribution >= 4 is 10.9 Å². The van der Waals surface area contributed by atoms with Gasteiger partial charge in [-0.3, -0.25) is 0 Å². The lowest BCUT2D eigenvalue weighted by Gasteiger charge is -2.14. The number of aromatic nitrogens is 3. The summed E-state index contributed by atoms with van der Waals surface area (Å²) in [6, 6.07) is 9.10. The topological polar surface area (TPSA) is 34.8 Å². The maximum absolute atomic E-state index is 4.30. The SMILES string of the molecule is CNCc1cccc2ccn(Cc3cncn3C(C)C)c12. The molecular weight excluding hydrogens is 260 g/mol. The fraction of sp³-hybridized carbons (Fsp3) is 0.353. The number of rotatable bonds is 5. The van der Waals surface area contributed by atoms with Crippen LogP contribution in [0.2, 0.25) is 0 Å². The monoisotopic (exact) mass is 282 g/mol. The molecule has 1 N–H and O–H groups in total. The van der Waals surface area contributed by atoms with Gasteiger partial charge in [-0.15, -0.1) is 0 Å². The second-order valence-electron chi connectivity index (χ2n) is 5.71. The van der Waals surface area contributed by atoms with Crippen LogP contribution in [-0.2, 0) is 13.1 Å². The Morgan fingerprint density at radius 2 is 2.10 bits per heavy atom. The molecule has 0 bridgehead atoms. The van der Waals surface area contributed by atoms with Gasteiger partial charge < -0.3 is 14.5 Å². The van der Waals surface area contributed by atoms with Gasteiger partial charge in [0.15, 0.2) is 0 Å². The van der Waals surface area contributed by atoms with E-state index in [1.54, 1.807) is 0 Å². The van der Waals surface area contributed by atoms with E-state index < -0.39 is 0 Å². The highest BCUT2D eigenvalue weighted by Gasteiger charge is 2.10. The molecule has 0 unspecified atom stereocenters. The zero-order valence-corrected chi connectivity index (χ0v) is 12.9. The summed E-state index contributed by atoms with van der Waals surface area (Å²) in [5.74, 6) is 0. The van der Waals surface area contributed by atoms with Crippen molar-refractivity contribution in [2.24, 2.45) is 0 Å². The van der Waals surface area contributed by atoms with Crippen molar-refractivity contribution in [2.45, 2.75) is 33.0 Å². The summed E-state index contributed by atoms with van der Waals surface area (Å²) in [7, 11) is 1.99. The third-order valence-electron chi connectivity index (χ3n) is 3.87. The van der Waals surface area contributed by atoms with E-state index in [1.165, 1.54) is 22.2 Å². The highest BCUT2D eigenvalue weighted by atomic mass is 15.1. The average Bonchev–Trinajstić information content (AvgIpc) is 3.08. The van der Waals surface area contributed by atoms with Crippen molar-refractivity contribution in [3.8, 4) is 0 Å². The van der Waals surface area contributed by atoms with Crippen LogP contribution in [0.5, 0.6) is 0 Å². The molecule has 1 aromatic carbocycles. The van der Waals surface area contributed by atoms with E-state index in [-0.39, 0.29) is 0 Å². The van der Waals surface area contributed by atoms with Crippen LogP contribution < -0.4 is 5.32 Å². The fourth-order valence-corrected chi connectivity index (χ4v) is 2.90. The summed E-state index contributed by atoms with van der Waals surface area (Å²) in [6.07, 6.45) is 6.05. The van der Waals surface area contributed by atoms with Gasteiger partial charge in [-0.2, -0.15) is 0 Å². The van der Waals surface area contributed by atoms with Gasteiger partial charge in [-0.25, -0.2) is 4.98 Å². The number of hydrogen-bond acceptors (Lipinski definition) is 2. The normalized spacial score (nSPS) is 11.6. The summed E-state index contributed by atoms with van der Waals surface area (Å²) in [4.78, 5) is 4.30. The van der Waals surface area contributed by atoms with Crippen molar-refractivity contribution in [3.63, 3.8) is 0 Å². The number of nitrogens with zero attached hydrogens (tertiary/aromatic N) is 3. The number of nitrogens with one attached hydrogen (secondary N) is 1. The minimum atomic E-state index is 0.432. The van der Waals surface area contributed by atoms with Crippen LogP contribution in [0.3, 0.4) is 0 Å². The molecule has 0 aliphatic rings. The Morgan fingerprint density at radius 1 is 1.24 bits per heavy atom. The van der Waals surface area contributed by atoms with E-state index in [9.17, 15) is 0 Å². The minimum absolute atomic E-state index is 0.432. The van der Waals surface area contributed by atoms with Crippen molar-refractivity contribution in [3.05, 3.63) is 54.2 Å². The molecular formula is C17H22N4. The van der Waals surface area contributed by atoms with Gasteiger partial charge >= 0.3 is 0 Å². The molecule has 0 atom stereocenters. The molecule has 21 heavy (non-hydrogen) atoms. The zero-order chi connectivity index (χ0) is 14.8. The van der Waals surface area contributed by atoms with Crippen LogP contribution in [-0.4, -0.2) is 21.2 Å². The average molecular weight is 282 g/mol. The van der Waals surface area contributed by atoms with Gasteiger partial charge in [-0.1, -0.05) is 18.2 Å². The Bertz CT molecular complexity index is 736. The Kier molecular flexibility index (Phi) is 3.80. The molecule has 0 saturated carbocycles. The lowest BCUT2D eigenvalue weighted by Crippen LogP contribution is -2.10. The van der Waals surface area contributed by atoms with E-state index in [1.807, 2.05) is 19.6 Å². The lowest BCUT2D eigenvalue weighted by atomic mass is 10.1. The molecule has 3 aromatic rings. The molecule has 0 spiro atoms. The molecule has 3 rings (SSSR count). The second kappa shape index (κ2) is 5.74. The molecule has 0 saturated heterocycles. The van der Waals surface area contributed by atoms with Gasteiger partial charge in [0.1, 0.15) is 0 Å². The van der Waals surface area contributed by atoms with Gasteiger partial charge in [0.25, 0.3) is 0 Å². The maximum Gasteiger partial charge on any atom is 0.0951 e. The van der Waals surface area contributed by atoms with Crippen LogP contribution in [0.15, 0.2) is 43.0 Å². The quantitative estimate of drug-likeness (QED) is 0.780. The first-order valence-corrected chi connectivity index (χ1v) is 7.42. The molecule has 2 aromatic heterocycles. The Balaban J connectivity index is 2.02. The van der Waals surface area contributed by atoms with Crippen molar-refractivity contribution in [2.75, 3.05) is 7.05 Å². The first-order chi connectivity index (χ1) is 10.2. The van der Waals surface area contributed by atoms with Crippen LogP contribution in [0, 0.1) is 0 Å². The summed E-state index contributed by atoms with van der Waals surface area (Å²) in [5, 5.41) is 4.54. The molecule has 0 aliphatic carbocycles. The first kappa shape index (κ1) is 13.9. The van der Waals surface area contributed by atoms with Gasteiger partial charge in [0.05, 0.1) is 24.1 Å². The Morgan fingerprint density at radius 3 is 2.86 bits per heavy atom. The summed E-state index contributed by atoms with van der Waals surface area (Å²) in [5.41, 5.74) is 3.88. The minimum Gasteiger partial charge on any atom is -0.341 e. The van der Waals surface area contributed by atoms with Gasteiger partial charge in [0, 0.05) is 25.0 Å². The second-order valence-corrected chi connectivity index (χ2v) is 5.71. The molecule has 4 heteroatoms. The summed E-state index contributed by atoms with van der Waals surface area (Å²) < 4.78 is 4.55. The van der Waals surface area contributed by atoms with Crippen molar-refractivity contribution < 1.29 is 0 Å². The highest BCUT2D eigenvalue weighted by Crippen LogP contribution is 2.22. The molecule has 0 aliphatic heterocycles. The van der Waals surface area contributed by atoms with Crippen LogP contribution >= 0.6 is 0 Å². The fourth-order valence-electron chi connectivity index (χ4n) is 2.90. The number of imidazole rings is 1. The molecule has 2 heterocycles. The van der Waals surface area contributed by atoms with Crippen molar-refractivity contribution in [1.29, 1.82) is 0 Å². The van der Waals surface area contributed by atoms with E-state index in [2.05, 4.69) is 63.7 Å². The van der Waals surface area contributed by atoms with E-state index >= 15 is 0 Å². The third kappa shape index (κ3) is 2.59. The Hall–Kier alpha value is -2.07. The van der Waals surface area contributed by atoms with Crippen LogP contribution in [0.25, 0.3) is 10.9 Å². The molecule has 0 fully saturated rings. The van der Waals surface area contributed by atoms with E-state index in [4.69, 9.17) is 0 Å². The number of hydrogen-bond donors (Lipinski definition) is 1. The number of para-hydroxylation sites is 1.